The van der Waals surface area contributed by atoms with E-state index in [1.807, 2.05) is 0 Å². The van der Waals surface area contributed by atoms with Crippen LogP contribution in [0.5, 0.6) is 0 Å². The fraction of sp³-hybridized carbons (Fsp3) is 0.250. The van der Waals surface area contributed by atoms with E-state index in [4.69, 9.17) is 0 Å². The minimum Gasteiger partial charge on any atom is -0.307 e. The van der Waals surface area contributed by atoms with E-state index in [0.29, 0.717) is 0 Å². The third-order valence-electron chi connectivity index (χ3n) is 3.52. The second kappa shape index (κ2) is 5.84. The van der Waals surface area contributed by atoms with Crippen LogP contribution in [-0.4, -0.2) is 21.7 Å². The van der Waals surface area contributed by atoms with E-state index in [-0.39, 0.29) is 6.04 Å². The summed E-state index contributed by atoms with van der Waals surface area (Å²) in [6.45, 7) is 3.00. The largest absolute Gasteiger partial charge is 0.307 e. The highest BCUT2D eigenvalue weighted by Crippen LogP contribution is 2.23. The molecule has 0 fully saturated rings. The SMILES string of the molecule is CCNC(Cc1cccc2ccccc12)c1ncn[nH]1. The van der Waals surface area contributed by atoms with Crippen molar-refractivity contribution in [1.29, 1.82) is 0 Å². The first-order valence-corrected chi connectivity index (χ1v) is 6.93. The molecule has 1 atom stereocenters. The molecule has 0 saturated carbocycles. The van der Waals surface area contributed by atoms with Gasteiger partial charge in [-0.3, -0.25) is 5.10 Å². The molecule has 2 aromatic carbocycles. The van der Waals surface area contributed by atoms with Gasteiger partial charge in [0.15, 0.2) is 0 Å². The first-order chi connectivity index (χ1) is 9.88. The Morgan fingerprint density at radius 2 is 2.00 bits per heavy atom. The monoisotopic (exact) mass is 266 g/mol. The lowest BCUT2D eigenvalue weighted by Gasteiger charge is -2.16. The predicted molar refractivity (Wildman–Crippen MR) is 80.5 cm³/mol. The molecular weight excluding hydrogens is 248 g/mol. The molecule has 4 nitrogen and oxygen atoms in total. The number of aromatic nitrogens is 3. The summed E-state index contributed by atoms with van der Waals surface area (Å²) in [6.07, 6.45) is 2.45. The van der Waals surface area contributed by atoms with Gasteiger partial charge in [0, 0.05) is 0 Å². The number of H-pyrrole nitrogens is 1. The Kier molecular flexibility index (Phi) is 3.74. The van der Waals surface area contributed by atoms with Crippen LogP contribution in [0.3, 0.4) is 0 Å². The van der Waals surface area contributed by atoms with E-state index in [1.54, 1.807) is 6.33 Å². The Morgan fingerprint density at radius 1 is 1.15 bits per heavy atom. The van der Waals surface area contributed by atoms with Crippen molar-refractivity contribution in [3.63, 3.8) is 0 Å². The van der Waals surface area contributed by atoms with Crippen molar-refractivity contribution >= 4 is 10.8 Å². The molecule has 1 aromatic heterocycles. The highest BCUT2D eigenvalue weighted by atomic mass is 15.2. The lowest BCUT2D eigenvalue weighted by Crippen LogP contribution is -2.24. The van der Waals surface area contributed by atoms with Crippen LogP contribution in [-0.2, 0) is 6.42 Å². The van der Waals surface area contributed by atoms with Gasteiger partial charge in [-0.05, 0) is 29.3 Å². The Bertz CT molecular complexity index is 671. The maximum Gasteiger partial charge on any atom is 0.141 e. The van der Waals surface area contributed by atoms with Crippen molar-refractivity contribution in [1.82, 2.24) is 20.5 Å². The first-order valence-electron chi connectivity index (χ1n) is 6.93. The van der Waals surface area contributed by atoms with Gasteiger partial charge in [0.2, 0.25) is 0 Å². The maximum atomic E-state index is 4.28. The molecule has 1 heterocycles. The normalized spacial score (nSPS) is 12.7. The molecule has 4 heteroatoms. The standard InChI is InChI=1S/C16H18N4/c1-2-17-15(16-18-11-19-20-16)10-13-8-5-7-12-6-3-4-9-14(12)13/h3-9,11,15,17H,2,10H2,1H3,(H,18,19,20). The molecule has 3 rings (SSSR count). The molecule has 0 spiro atoms. The number of likely N-dealkylation sites (N-methyl/N-ethyl adjacent to an activating group) is 1. The Labute approximate surface area is 118 Å². The van der Waals surface area contributed by atoms with Gasteiger partial charge in [0.05, 0.1) is 6.04 Å². The number of fused-ring (bicyclic) bond motifs is 1. The van der Waals surface area contributed by atoms with Crippen molar-refractivity contribution < 1.29 is 0 Å². The topological polar surface area (TPSA) is 53.6 Å². The summed E-state index contributed by atoms with van der Waals surface area (Å²) >= 11 is 0. The second-order valence-electron chi connectivity index (χ2n) is 4.82. The number of hydrogen-bond acceptors (Lipinski definition) is 3. The quantitative estimate of drug-likeness (QED) is 0.746. The van der Waals surface area contributed by atoms with Crippen LogP contribution >= 0.6 is 0 Å². The zero-order valence-corrected chi connectivity index (χ0v) is 11.5. The highest BCUT2D eigenvalue weighted by molar-refractivity contribution is 5.85. The minimum atomic E-state index is 0.160. The number of nitrogens with one attached hydrogen (secondary N) is 2. The molecule has 102 valence electrons. The molecule has 0 aliphatic heterocycles. The summed E-state index contributed by atoms with van der Waals surface area (Å²) in [5, 5.41) is 13.0. The fourth-order valence-corrected chi connectivity index (χ4v) is 2.59. The summed E-state index contributed by atoms with van der Waals surface area (Å²) in [5.41, 5.74) is 1.32. The van der Waals surface area contributed by atoms with Gasteiger partial charge in [-0.1, -0.05) is 49.4 Å². The van der Waals surface area contributed by atoms with Gasteiger partial charge in [-0.15, -0.1) is 0 Å². The lowest BCUT2D eigenvalue weighted by molar-refractivity contribution is 0.525. The third-order valence-corrected chi connectivity index (χ3v) is 3.52. The van der Waals surface area contributed by atoms with E-state index in [1.165, 1.54) is 16.3 Å². The van der Waals surface area contributed by atoms with Crippen LogP contribution in [0, 0.1) is 0 Å². The van der Waals surface area contributed by atoms with E-state index < -0.39 is 0 Å². The fourth-order valence-electron chi connectivity index (χ4n) is 2.59. The maximum absolute atomic E-state index is 4.28. The average molecular weight is 266 g/mol. The molecule has 3 aromatic rings. The molecule has 0 amide bonds. The molecule has 20 heavy (non-hydrogen) atoms. The zero-order valence-electron chi connectivity index (χ0n) is 11.5. The van der Waals surface area contributed by atoms with Crippen LogP contribution in [0.4, 0.5) is 0 Å². The molecule has 2 N–H and O–H groups in total. The summed E-state index contributed by atoms with van der Waals surface area (Å²) in [7, 11) is 0. The van der Waals surface area contributed by atoms with E-state index >= 15 is 0 Å². The summed E-state index contributed by atoms with van der Waals surface area (Å²) in [4.78, 5) is 4.28. The molecule has 0 aliphatic carbocycles. The second-order valence-corrected chi connectivity index (χ2v) is 4.82. The Morgan fingerprint density at radius 3 is 2.80 bits per heavy atom. The summed E-state index contributed by atoms with van der Waals surface area (Å²) in [5.74, 6) is 0.889. The van der Waals surface area contributed by atoms with Crippen molar-refractivity contribution in [2.24, 2.45) is 0 Å². The Hall–Kier alpha value is -2.20. The van der Waals surface area contributed by atoms with Crippen LogP contribution in [0.15, 0.2) is 48.8 Å². The molecule has 0 saturated heterocycles. The smallest absolute Gasteiger partial charge is 0.141 e. The van der Waals surface area contributed by atoms with Crippen LogP contribution < -0.4 is 5.32 Å². The molecule has 0 radical (unpaired) electrons. The van der Waals surface area contributed by atoms with Crippen molar-refractivity contribution in [2.75, 3.05) is 6.54 Å². The first kappa shape index (κ1) is 12.8. The highest BCUT2D eigenvalue weighted by Gasteiger charge is 2.15. The van der Waals surface area contributed by atoms with E-state index in [9.17, 15) is 0 Å². The van der Waals surface area contributed by atoms with Gasteiger partial charge in [-0.25, -0.2) is 4.98 Å². The third kappa shape index (κ3) is 2.56. The van der Waals surface area contributed by atoms with Gasteiger partial charge in [0.1, 0.15) is 12.2 Å². The summed E-state index contributed by atoms with van der Waals surface area (Å²) in [6, 6.07) is 15.1. The van der Waals surface area contributed by atoms with E-state index in [2.05, 4.69) is 69.9 Å². The summed E-state index contributed by atoms with van der Waals surface area (Å²) < 4.78 is 0. The van der Waals surface area contributed by atoms with Gasteiger partial charge in [-0.2, -0.15) is 5.10 Å². The van der Waals surface area contributed by atoms with Crippen LogP contribution in [0.2, 0.25) is 0 Å². The van der Waals surface area contributed by atoms with Crippen molar-refractivity contribution in [2.45, 2.75) is 19.4 Å². The van der Waals surface area contributed by atoms with Crippen molar-refractivity contribution in [3.8, 4) is 0 Å². The van der Waals surface area contributed by atoms with Crippen molar-refractivity contribution in [3.05, 3.63) is 60.2 Å². The number of rotatable bonds is 5. The van der Waals surface area contributed by atoms with E-state index in [0.717, 1.165) is 18.8 Å². The number of nitrogens with zero attached hydrogens (tertiary/aromatic N) is 2. The lowest BCUT2D eigenvalue weighted by atomic mass is 9.98. The molecule has 0 aliphatic rings. The molecule has 1 unspecified atom stereocenters. The van der Waals surface area contributed by atoms with Crippen LogP contribution in [0.1, 0.15) is 24.4 Å². The average Bonchev–Trinajstić information content (AvgIpc) is 3.01. The Balaban J connectivity index is 1.94. The number of hydrogen-bond donors (Lipinski definition) is 2. The molecular formula is C16H18N4. The van der Waals surface area contributed by atoms with Crippen LogP contribution in [0.25, 0.3) is 10.8 Å². The number of benzene rings is 2. The van der Waals surface area contributed by atoms with Gasteiger partial charge >= 0.3 is 0 Å². The number of aromatic amines is 1. The van der Waals surface area contributed by atoms with Gasteiger partial charge < -0.3 is 5.32 Å². The zero-order chi connectivity index (χ0) is 13.8. The minimum absolute atomic E-state index is 0.160. The predicted octanol–water partition coefficient (Wildman–Crippen LogP) is 2.85. The molecule has 0 bridgehead atoms. The van der Waals surface area contributed by atoms with Gasteiger partial charge in [0.25, 0.3) is 0 Å².